The number of benzene rings is 6. The van der Waals surface area contributed by atoms with Crippen molar-refractivity contribution in [2.24, 2.45) is 0 Å². The van der Waals surface area contributed by atoms with Gasteiger partial charge < -0.3 is 9.64 Å². The van der Waals surface area contributed by atoms with Crippen LogP contribution in [0.15, 0.2) is 146 Å². The van der Waals surface area contributed by atoms with Crippen molar-refractivity contribution < 1.29 is 4.74 Å². The van der Waals surface area contributed by atoms with E-state index >= 15 is 0 Å². The van der Waals surface area contributed by atoms with E-state index in [1.54, 1.807) is 0 Å². The zero-order valence-electron chi connectivity index (χ0n) is 23.7. The highest BCUT2D eigenvalue weighted by molar-refractivity contribution is 7.80. The molecule has 2 aliphatic heterocycles. The molecule has 1 atom stereocenters. The average Bonchev–Trinajstić information content (AvgIpc) is 3.04. The molecule has 1 unspecified atom stereocenters. The Morgan fingerprint density at radius 2 is 1.10 bits per heavy atom. The summed E-state index contributed by atoms with van der Waals surface area (Å²) in [5, 5.41) is 3.86. The van der Waals surface area contributed by atoms with Gasteiger partial charge in [-0.25, -0.2) is 0 Å². The topological polar surface area (TPSA) is 12.5 Å². The Morgan fingerprint density at radius 3 is 1.81 bits per heavy atom. The molecule has 6 aromatic rings. The van der Waals surface area contributed by atoms with E-state index in [9.17, 15) is 0 Å². The molecule has 0 aliphatic carbocycles. The van der Waals surface area contributed by atoms with Gasteiger partial charge in [0.05, 0.1) is 11.4 Å². The fraction of sp³-hybridized carbons (Fsp3) is 0.0769. The summed E-state index contributed by atoms with van der Waals surface area (Å²) in [5.74, 6) is 1.91. The Hall–Kier alpha value is -4.65. The molecule has 6 aromatic carbocycles. The van der Waals surface area contributed by atoms with Gasteiger partial charge in [-0.1, -0.05) is 117 Å². The number of para-hydroxylation sites is 3. The van der Waals surface area contributed by atoms with E-state index in [1.165, 1.54) is 49.5 Å². The molecule has 2 aliphatic rings. The summed E-state index contributed by atoms with van der Waals surface area (Å²) in [5.41, 5.74) is 8.67. The minimum absolute atomic E-state index is 0.0649. The maximum absolute atomic E-state index is 6.41. The van der Waals surface area contributed by atoms with Crippen LogP contribution in [0.3, 0.4) is 0 Å². The molecule has 3 heteroatoms. The molecular weight excluding hydrogens is 529 g/mol. The Labute approximate surface area is 248 Å². The molecule has 0 aromatic heterocycles. The van der Waals surface area contributed by atoms with Crippen LogP contribution >= 0.6 is 7.92 Å². The first-order valence-electron chi connectivity index (χ1n) is 14.5. The van der Waals surface area contributed by atoms with Gasteiger partial charge in [0.15, 0.2) is 0 Å². The summed E-state index contributed by atoms with van der Waals surface area (Å²) in [6.07, 6.45) is 0. The predicted octanol–water partition coefficient (Wildman–Crippen LogP) is 9.33. The van der Waals surface area contributed by atoms with Gasteiger partial charge in [0.1, 0.15) is 11.5 Å². The van der Waals surface area contributed by atoms with Gasteiger partial charge in [-0.2, -0.15) is 0 Å². The Morgan fingerprint density at radius 1 is 0.524 bits per heavy atom. The highest BCUT2D eigenvalue weighted by atomic mass is 31.1. The maximum atomic E-state index is 6.41. The molecule has 0 bridgehead atoms. The molecule has 2 heterocycles. The highest BCUT2D eigenvalue weighted by Gasteiger charge is 2.36. The van der Waals surface area contributed by atoms with Crippen molar-refractivity contribution in [1.82, 2.24) is 0 Å². The first kappa shape index (κ1) is 25.1. The Bertz CT molecular complexity index is 1890. The van der Waals surface area contributed by atoms with Crippen molar-refractivity contribution in [3.8, 4) is 22.6 Å². The van der Waals surface area contributed by atoms with Gasteiger partial charge in [-0.15, -0.1) is 0 Å². The molecule has 0 fully saturated rings. The average molecular weight is 560 g/mol. The largest absolute Gasteiger partial charge is 0.456 e. The standard InChI is InChI=1S/C39H30NOP/c1-39(2)31-14-6-8-16-33(31)40(34-17-9-7-15-32(34)39)29-23-20-27(21-24-29)28-22-25-36-38(26-28)42(30-12-4-3-5-13-30)37-19-11-10-18-35(37)41-36/h3-26H,1-2H3. The number of hydrogen-bond donors (Lipinski definition) is 0. The van der Waals surface area contributed by atoms with Gasteiger partial charge in [-0.05, 0) is 77.9 Å². The molecule has 8 rings (SSSR count). The number of anilines is 3. The third kappa shape index (κ3) is 3.91. The van der Waals surface area contributed by atoms with E-state index in [4.69, 9.17) is 4.74 Å². The second-order valence-electron chi connectivity index (χ2n) is 11.5. The minimum atomic E-state index is -0.722. The van der Waals surface area contributed by atoms with Crippen LogP contribution in [-0.2, 0) is 5.41 Å². The zero-order valence-corrected chi connectivity index (χ0v) is 24.6. The summed E-state index contributed by atoms with van der Waals surface area (Å²) in [6, 6.07) is 52.6. The van der Waals surface area contributed by atoms with Crippen molar-refractivity contribution in [3.63, 3.8) is 0 Å². The van der Waals surface area contributed by atoms with E-state index in [2.05, 4.69) is 164 Å². The second-order valence-corrected chi connectivity index (χ2v) is 13.6. The lowest BCUT2D eigenvalue weighted by Gasteiger charge is -2.42. The number of nitrogens with zero attached hydrogens (tertiary/aromatic N) is 1. The van der Waals surface area contributed by atoms with Crippen LogP contribution in [0.5, 0.6) is 11.5 Å². The van der Waals surface area contributed by atoms with Crippen molar-refractivity contribution >= 4 is 40.9 Å². The molecule has 0 N–H and O–H groups in total. The van der Waals surface area contributed by atoms with Crippen molar-refractivity contribution in [2.75, 3.05) is 4.90 Å². The first-order chi connectivity index (χ1) is 20.6. The summed E-state index contributed by atoms with van der Waals surface area (Å²) < 4.78 is 6.41. The third-order valence-electron chi connectivity index (χ3n) is 8.64. The van der Waals surface area contributed by atoms with Crippen LogP contribution in [0.2, 0.25) is 0 Å². The fourth-order valence-corrected chi connectivity index (χ4v) is 9.01. The highest BCUT2D eigenvalue weighted by Crippen LogP contribution is 2.52. The molecule has 0 radical (unpaired) electrons. The number of fused-ring (bicyclic) bond motifs is 4. The number of hydrogen-bond acceptors (Lipinski definition) is 2. The SMILES string of the molecule is CC1(C)c2ccccc2N(c2ccc(-c3ccc4c(c3)P(c3ccccc3)c3ccccc3O4)cc2)c2ccccc21. The predicted molar refractivity (Wildman–Crippen MR) is 177 cm³/mol. The van der Waals surface area contributed by atoms with Gasteiger partial charge in [0, 0.05) is 21.7 Å². The van der Waals surface area contributed by atoms with E-state index < -0.39 is 7.92 Å². The van der Waals surface area contributed by atoms with Gasteiger partial charge in [0.2, 0.25) is 0 Å². The second kappa shape index (κ2) is 9.72. The number of rotatable bonds is 3. The quantitative estimate of drug-likeness (QED) is 0.200. The lowest BCUT2D eigenvalue weighted by Crippen LogP contribution is -2.30. The maximum Gasteiger partial charge on any atom is 0.135 e. The lowest BCUT2D eigenvalue weighted by molar-refractivity contribution is 0.488. The Balaban J connectivity index is 1.21. The minimum Gasteiger partial charge on any atom is -0.456 e. The van der Waals surface area contributed by atoms with Crippen molar-refractivity contribution in [2.45, 2.75) is 19.3 Å². The summed E-state index contributed by atoms with van der Waals surface area (Å²) in [6.45, 7) is 4.65. The zero-order chi connectivity index (χ0) is 28.3. The van der Waals surface area contributed by atoms with Gasteiger partial charge >= 0.3 is 0 Å². The van der Waals surface area contributed by atoms with E-state index in [0.29, 0.717) is 0 Å². The summed E-state index contributed by atoms with van der Waals surface area (Å²) in [4.78, 5) is 2.41. The normalized spacial score (nSPS) is 16.0. The molecule has 0 saturated carbocycles. The molecule has 0 spiro atoms. The molecule has 2 nitrogen and oxygen atoms in total. The number of ether oxygens (including phenoxy) is 1. The molecular formula is C39H30NOP. The van der Waals surface area contributed by atoms with Crippen molar-refractivity contribution in [3.05, 3.63) is 157 Å². The van der Waals surface area contributed by atoms with Gasteiger partial charge in [-0.3, -0.25) is 0 Å². The summed E-state index contributed by atoms with van der Waals surface area (Å²) in [7, 11) is -0.722. The van der Waals surface area contributed by atoms with Crippen molar-refractivity contribution in [1.29, 1.82) is 0 Å². The van der Waals surface area contributed by atoms with E-state index in [1.807, 2.05) is 0 Å². The molecule has 42 heavy (non-hydrogen) atoms. The van der Waals surface area contributed by atoms with Crippen LogP contribution in [-0.4, -0.2) is 0 Å². The van der Waals surface area contributed by atoms with Gasteiger partial charge in [0.25, 0.3) is 0 Å². The van der Waals surface area contributed by atoms with Crippen LogP contribution in [0.4, 0.5) is 17.1 Å². The fourth-order valence-electron chi connectivity index (χ4n) is 6.54. The smallest absolute Gasteiger partial charge is 0.135 e. The molecule has 0 amide bonds. The van der Waals surface area contributed by atoms with Crippen LogP contribution in [0, 0.1) is 0 Å². The summed E-state index contributed by atoms with van der Waals surface area (Å²) >= 11 is 0. The van der Waals surface area contributed by atoms with Crippen LogP contribution in [0.25, 0.3) is 11.1 Å². The van der Waals surface area contributed by atoms with E-state index in [0.717, 1.165) is 17.2 Å². The first-order valence-corrected chi connectivity index (χ1v) is 15.8. The third-order valence-corrected chi connectivity index (χ3v) is 11.1. The monoisotopic (exact) mass is 559 g/mol. The molecule has 202 valence electrons. The Kier molecular flexibility index (Phi) is 5.81. The molecule has 0 saturated heterocycles. The van der Waals surface area contributed by atoms with Crippen LogP contribution in [0.1, 0.15) is 25.0 Å². The van der Waals surface area contributed by atoms with Crippen LogP contribution < -0.4 is 25.6 Å². The lowest BCUT2D eigenvalue weighted by atomic mass is 9.73. The van der Waals surface area contributed by atoms with E-state index in [-0.39, 0.29) is 5.41 Å².